The SMILES string of the molecule is CNC(=O)c1sc(NC(C)=O)nc1CCc1ccc(N=C(N)N)cc1. The number of hydrogen-bond donors (Lipinski definition) is 4. The van der Waals surface area contributed by atoms with E-state index in [-0.39, 0.29) is 17.8 Å². The molecular formula is C16H20N6O2S. The number of rotatable bonds is 6. The van der Waals surface area contributed by atoms with Gasteiger partial charge in [-0.2, -0.15) is 0 Å². The third kappa shape index (κ3) is 5.28. The highest BCUT2D eigenvalue weighted by Gasteiger charge is 2.17. The number of amides is 2. The number of guanidine groups is 1. The second-order valence-electron chi connectivity index (χ2n) is 5.26. The maximum Gasteiger partial charge on any atom is 0.263 e. The number of nitrogens with zero attached hydrogens (tertiary/aromatic N) is 2. The van der Waals surface area contributed by atoms with Crippen LogP contribution in [0.25, 0.3) is 0 Å². The molecule has 2 aromatic rings. The third-order valence-corrected chi connectivity index (χ3v) is 4.27. The Labute approximate surface area is 149 Å². The van der Waals surface area contributed by atoms with Gasteiger partial charge in [0, 0.05) is 14.0 Å². The molecule has 1 aromatic heterocycles. The van der Waals surface area contributed by atoms with Crippen molar-refractivity contribution in [1.29, 1.82) is 0 Å². The Morgan fingerprint density at radius 1 is 1.20 bits per heavy atom. The fourth-order valence-electron chi connectivity index (χ4n) is 2.17. The summed E-state index contributed by atoms with van der Waals surface area (Å²) < 4.78 is 0. The summed E-state index contributed by atoms with van der Waals surface area (Å²) in [6.45, 7) is 1.40. The highest BCUT2D eigenvalue weighted by molar-refractivity contribution is 7.17. The average Bonchev–Trinajstić information content (AvgIpc) is 2.95. The van der Waals surface area contributed by atoms with E-state index in [1.54, 1.807) is 7.05 Å². The molecule has 0 spiro atoms. The van der Waals surface area contributed by atoms with Crippen molar-refractivity contribution in [1.82, 2.24) is 10.3 Å². The van der Waals surface area contributed by atoms with Crippen LogP contribution in [0.1, 0.15) is 27.9 Å². The van der Waals surface area contributed by atoms with Crippen LogP contribution in [0.5, 0.6) is 0 Å². The lowest BCUT2D eigenvalue weighted by Crippen LogP contribution is -2.21. The molecule has 9 heteroatoms. The van der Waals surface area contributed by atoms with Crippen LogP contribution in [-0.2, 0) is 17.6 Å². The van der Waals surface area contributed by atoms with E-state index >= 15 is 0 Å². The van der Waals surface area contributed by atoms with Gasteiger partial charge in [0.05, 0.1) is 11.4 Å². The Kier molecular flexibility index (Phi) is 6.07. The molecule has 6 N–H and O–H groups in total. The highest BCUT2D eigenvalue weighted by atomic mass is 32.1. The molecule has 0 saturated heterocycles. The van der Waals surface area contributed by atoms with Gasteiger partial charge in [0.15, 0.2) is 11.1 Å². The first-order valence-electron chi connectivity index (χ1n) is 7.57. The van der Waals surface area contributed by atoms with Crippen molar-refractivity contribution in [3.05, 3.63) is 40.4 Å². The summed E-state index contributed by atoms with van der Waals surface area (Å²) in [6, 6.07) is 7.47. The number of nitrogens with one attached hydrogen (secondary N) is 2. The molecule has 25 heavy (non-hydrogen) atoms. The molecule has 1 heterocycles. The quantitative estimate of drug-likeness (QED) is 0.453. The Morgan fingerprint density at radius 2 is 1.88 bits per heavy atom. The van der Waals surface area contributed by atoms with Gasteiger partial charge in [0.25, 0.3) is 5.91 Å². The van der Waals surface area contributed by atoms with E-state index in [0.29, 0.717) is 34.2 Å². The van der Waals surface area contributed by atoms with E-state index in [0.717, 1.165) is 16.9 Å². The van der Waals surface area contributed by atoms with Crippen LogP contribution in [0.4, 0.5) is 10.8 Å². The number of aromatic nitrogens is 1. The smallest absolute Gasteiger partial charge is 0.263 e. The van der Waals surface area contributed by atoms with Crippen molar-refractivity contribution in [3.63, 3.8) is 0 Å². The van der Waals surface area contributed by atoms with E-state index in [1.165, 1.54) is 6.92 Å². The Morgan fingerprint density at radius 3 is 2.44 bits per heavy atom. The summed E-state index contributed by atoms with van der Waals surface area (Å²) in [5.74, 6) is -0.428. The molecule has 0 atom stereocenters. The Bertz CT molecular complexity index is 793. The van der Waals surface area contributed by atoms with Crippen molar-refractivity contribution in [3.8, 4) is 0 Å². The van der Waals surface area contributed by atoms with Gasteiger partial charge >= 0.3 is 0 Å². The van der Waals surface area contributed by atoms with Crippen LogP contribution in [0.15, 0.2) is 29.3 Å². The Balaban J connectivity index is 2.13. The first kappa shape index (κ1) is 18.4. The van der Waals surface area contributed by atoms with Crippen LogP contribution in [0.3, 0.4) is 0 Å². The zero-order valence-corrected chi connectivity index (χ0v) is 14.8. The number of benzene rings is 1. The lowest BCUT2D eigenvalue weighted by atomic mass is 10.1. The number of hydrogen-bond acceptors (Lipinski definition) is 5. The van der Waals surface area contributed by atoms with Crippen molar-refractivity contribution >= 4 is 39.9 Å². The van der Waals surface area contributed by atoms with E-state index in [4.69, 9.17) is 11.5 Å². The van der Waals surface area contributed by atoms with E-state index in [2.05, 4.69) is 20.6 Å². The summed E-state index contributed by atoms with van der Waals surface area (Å²) in [7, 11) is 1.56. The topological polar surface area (TPSA) is 135 Å². The van der Waals surface area contributed by atoms with E-state index < -0.39 is 0 Å². The van der Waals surface area contributed by atoms with Crippen LogP contribution in [0.2, 0.25) is 0 Å². The van der Waals surface area contributed by atoms with Crippen molar-refractivity contribution < 1.29 is 9.59 Å². The van der Waals surface area contributed by atoms with Gasteiger partial charge in [-0.1, -0.05) is 23.5 Å². The van der Waals surface area contributed by atoms with Gasteiger partial charge in [0.2, 0.25) is 5.91 Å². The van der Waals surface area contributed by atoms with Gasteiger partial charge in [-0.15, -0.1) is 0 Å². The Hall–Kier alpha value is -2.94. The summed E-state index contributed by atoms with van der Waals surface area (Å²) in [6.07, 6.45) is 1.26. The number of aliphatic imine (C=N–C) groups is 1. The van der Waals surface area contributed by atoms with Crippen LogP contribution < -0.4 is 22.1 Å². The number of aryl methyl sites for hydroxylation is 2. The number of thiazole rings is 1. The molecular weight excluding hydrogens is 340 g/mol. The molecule has 0 saturated carbocycles. The lowest BCUT2D eigenvalue weighted by Gasteiger charge is -2.03. The van der Waals surface area contributed by atoms with Gasteiger partial charge in [-0.05, 0) is 30.5 Å². The van der Waals surface area contributed by atoms with Crippen molar-refractivity contribution in [2.75, 3.05) is 12.4 Å². The zero-order chi connectivity index (χ0) is 18.4. The van der Waals surface area contributed by atoms with Crippen LogP contribution in [0, 0.1) is 0 Å². The molecule has 132 valence electrons. The minimum absolute atomic E-state index is 0.0101. The third-order valence-electron chi connectivity index (χ3n) is 3.26. The summed E-state index contributed by atoms with van der Waals surface area (Å²) in [4.78, 5) is 32.0. The second-order valence-corrected chi connectivity index (χ2v) is 6.26. The molecule has 0 aliphatic rings. The maximum atomic E-state index is 12.0. The number of nitrogens with two attached hydrogens (primary N) is 2. The predicted molar refractivity (Wildman–Crippen MR) is 99.1 cm³/mol. The molecule has 2 amide bonds. The average molecular weight is 360 g/mol. The normalized spacial score (nSPS) is 10.2. The molecule has 1 aromatic carbocycles. The van der Waals surface area contributed by atoms with Gasteiger partial charge in [-0.25, -0.2) is 9.98 Å². The maximum absolute atomic E-state index is 12.0. The lowest BCUT2D eigenvalue weighted by molar-refractivity contribution is -0.114. The monoisotopic (exact) mass is 360 g/mol. The second kappa shape index (κ2) is 8.25. The molecule has 8 nitrogen and oxygen atoms in total. The summed E-state index contributed by atoms with van der Waals surface area (Å²) in [5.41, 5.74) is 13.1. The molecule has 0 aliphatic heterocycles. The van der Waals surface area contributed by atoms with Crippen molar-refractivity contribution in [2.24, 2.45) is 16.5 Å². The number of carbonyl (C=O) groups is 2. The molecule has 0 bridgehead atoms. The largest absolute Gasteiger partial charge is 0.370 e. The molecule has 2 rings (SSSR count). The fourth-order valence-corrected chi connectivity index (χ4v) is 3.17. The van der Waals surface area contributed by atoms with Crippen LogP contribution in [-0.4, -0.2) is 29.8 Å². The van der Waals surface area contributed by atoms with Gasteiger partial charge in [-0.3, -0.25) is 9.59 Å². The predicted octanol–water partition coefficient (Wildman–Crippen LogP) is 1.15. The van der Waals surface area contributed by atoms with E-state index in [1.807, 2.05) is 24.3 Å². The number of anilines is 1. The minimum atomic E-state index is -0.223. The summed E-state index contributed by atoms with van der Waals surface area (Å²) >= 11 is 1.16. The number of carbonyl (C=O) groups excluding carboxylic acids is 2. The zero-order valence-electron chi connectivity index (χ0n) is 14.0. The summed E-state index contributed by atoms with van der Waals surface area (Å²) in [5, 5.41) is 5.63. The minimum Gasteiger partial charge on any atom is -0.370 e. The first-order chi connectivity index (χ1) is 11.9. The van der Waals surface area contributed by atoms with Crippen molar-refractivity contribution in [2.45, 2.75) is 19.8 Å². The molecule has 0 radical (unpaired) electrons. The molecule has 0 fully saturated rings. The highest BCUT2D eigenvalue weighted by Crippen LogP contribution is 2.24. The van der Waals surface area contributed by atoms with Crippen LogP contribution >= 0.6 is 11.3 Å². The van der Waals surface area contributed by atoms with Gasteiger partial charge in [0.1, 0.15) is 4.88 Å². The van der Waals surface area contributed by atoms with Gasteiger partial charge < -0.3 is 22.1 Å². The fraction of sp³-hybridized carbons (Fsp3) is 0.250. The molecule has 0 aliphatic carbocycles. The molecule has 0 unspecified atom stereocenters. The first-order valence-corrected chi connectivity index (χ1v) is 8.38. The van der Waals surface area contributed by atoms with E-state index in [9.17, 15) is 9.59 Å². The standard InChI is InChI=1S/C16H20N6O2S/c1-9(23)20-16-22-12(13(25-16)14(24)19-2)8-5-10-3-6-11(7-4-10)21-15(17)18/h3-4,6-7H,5,8H2,1-2H3,(H,19,24)(H4,17,18,21)(H,20,22,23).